The van der Waals surface area contributed by atoms with Crippen molar-refractivity contribution < 1.29 is 9.90 Å². The average molecular weight is 213 g/mol. The molecule has 0 radical (unpaired) electrons. The standard InChI is InChI=1S/C11H7N3O2/c12-7-10-4-5-13-14(10)9-3-1-2-8(6-9)11(15)16/h1-6H,(H,15,16). The molecule has 0 saturated heterocycles. The molecule has 0 amide bonds. The molecule has 0 spiro atoms. The molecule has 5 nitrogen and oxygen atoms in total. The SMILES string of the molecule is N#Cc1ccnn1-c1cccc(C(=O)O)c1. The van der Waals surface area contributed by atoms with Crippen LogP contribution in [0.3, 0.4) is 0 Å². The zero-order valence-corrected chi connectivity index (χ0v) is 8.16. The van der Waals surface area contributed by atoms with Gasteiger partial charge in [0.15, 0.2) is 0 Å². The highest BCUT2D eigenvalue weighted by molar-refractivity contribution is 5.88. The first-order valence-electron chi connectivity index (χ1n) is 4.50. The Bertz CT molecular complexity index is 581. The van der Waals surface area contributed by atoms with Crippen molar-refractivity contribution >= 4 is 5.97 Å². The lowest BCUT2D eigenvalue weighted by Crippen LogP contribution is -2.02. The number of benzene rings is 1. The first-order chi connectivity index (χ1) is 7.72. The highest BCUT2D eigenvalue weighted by Gasteiger charge is 2.07. The number of nitriles is 1. The lowest BCUT2D eigenvalue weighted by Gasteiger charge is -2.03. The van der Waals surface area contributed by atoms with Gasteiger partial charge in [-0.15, -0.1) is 0 Å². The van der Waals surface area contributed by atoms with E-state index in [-0.39, 0.29) is 5.56 Å². The Morgan fingerprint density at radius 3 is 2.94 bits per heavy atom. The minimum atomic E-state index is -1.01. The third kappa shape index (κ3) is 1.64. The predicted molar refractivity (Wildman–Crippen MR) is 55.2 cm³/mol. The molecular weight excluding hydrogens is 206 g/mol. The van der Waals surface area contributed by atoms with E-state index in [1.54, 1.807) is 18.2 Å². The third-order valence-electron chi connectivity index (χ3n) is 2.09. The number of rotatable bonds is 2. The molecule has 5 heteroatoms. The van der Waals surface area contributed by atoms with Gasteiger partial charge in [-0.05, 0) is 24.3 Å². The highest BCUT2D eigenvalue weighted by Crippen LogP contribution is 2.12. The van der Waals surface area contributed by atoms with Crippen molar-refractivity contribution in [2.24, 2.45) is 0 Å². The van der Waals surface area contributed by atoms with Gasteiger partial charge < -0.3 is 5.11 Å². The minimum Gasteiger partial charge on any atom is -0.478 e. The van der Waals surface area contributed by atoms with Crippen LogP contribution in [0.5, 0.6) is 0 Å². The van der Waals surface area contributed by atoms with E-state index >= 15 is 0 Å². The average Bonchev–Trinajstić information content (AvgIpc) is 2.77. The Morgan fingerprint density at radius 2 is 2.25 bits per heavy atom. The largest absolute Gasteiger partial charge is 0.478 e. The summed E-state index contributed by atoms with van der Waals surface area (Å²) in [5.41, 5.74) is 1.08. The summed E-state index contributed by atoms with van der Waals surface area (Å²) in [6.45, 7) is 0. The van der Waals surface area contributed by atoms with E-state index in [4.69, 9.17) is 10.4 Å². The van der Waals surface area contributed by atoms with Crippen LogP contribution in [0.1, 0.15) is 16.1 Å². The molecule has 2 aromatic rings. The van der Waals surface area contributed by atoms with Crippen molar-refractivity contribution in [2.45, 2.75) is 0 Å². The quantitative estimate of drug-likeness (QED) is 0.818. The fourth-order valence-electron chi connectivity index (χ4n) is 1.36. The van der Waals surface area contributed by atoms with E-state index in [9.17, 15) is 4.79 Å². The number of hydrogen-bond donors (Lipinski definition) is 1. The molecule has 0 fully saturated rings. The fourth-order valence-corrected chi connectivity index (χ4v) is 1.36. The lowest BCUT2D eigenvalue weighted by atomic mass is 10.2. The number of carbonyl (C=O) groups is 1. The van der Waals surface area contributed by atoms with Gasteiger partial charge in [-0.1, -0.05) is 6.07 Å². The molecule has 0 aliphatic heterocycles. The molecule has 1 aromatic heterocycles. The lowest BCUT2D eigenvalue weighted by molar-refractivity contribution is 0.0697. The Morgan fingerprint density at radius 1 is 1.44 bits per heavy atom. The molecule has 0 saturated carbocycles. The molecule has 1 N–H and O–H groups in total. The number of carboxylic acid groups (broad SMARTS) is 1. The van der Waals surface area contributed by atoms with E-state index in [0.29, 0.717) is 11.4 Å². The van der Waals surface area contributed by atoms with Crippen LogP contribution < -0.4 is 0 Å². The van der Waals surface area contributed by atoms with Crippen LogP contribution in [0.2, 0.25) is 0 Å². The van der Waals surface area contributed by atoms with Gasteiger partial charge in [-0.3, -0.25) is 0 Å². The second kappa shape index (κ2) is 3.87. The van der Waals surface area contributed by atoms with E-state index in [1.807, 2.05) is 6.07 Å². The van der Waals surface area contributed by atoms with Gasteiger partial charge in [0.25, 0.3) is 0 Å². The van der Waals surface area contributed by atoms with Gasteiger partial charge in [0.2, 0.25) is 0 Å². The number of hydrogen-bond acceptors (Lipinski definition) is 3. The number of nitrogens with zero attached hydrogens (tertiary/aromatic N) is 3. The van der Waals surface area contributed by atoms with E-state index < -0.39 is 5.97 Å². The van der Waals surface area contributed by atoms with Gasteiger partial charge in [-0.2, -0.15) is 10.4 Å². The maximum atomic E-state index is 10.8. The maximum absolute atomic E-state index is 10.8. The topological polar surface area (TPSA) is 78.9 Å². The summed E-state index contributed by atoms with van der Waals surface area (Å²) in [4.78, 5) is 10.8. The Balaban J connectivity index is 2.53. The van der Waals surface area contributed by atoms with Crippen LogP contribution in [-0.2, 0) is 0 Å². The summed E-state index contributed by atoms with van der Waals surface area (Å²) in [5.74, 6) is -1.01. The van der Waals surface area contributed by atoms with Crippen LogP contribution in [0.25, 0.3) is 5.69 Å². The normalized spacial score (nSPS) is 9.69. The van der Waals surface area contributed by atoms with Crippen molar-refractivity contribution in [3.8, 4) is 11.8 Å². The summed E-state index contributed by atoms with van der Waals surface area (Å²) >= 11 is 0. The molecule has 1 aromatic carbocycles. The molecular formula is C11H7N3O2. The molecule has 16 heavy (non-hydrogen) atoms. The second-order valence-corrected chi connectivity index (χ2v) is 3.10. The molecule has 0 unspecified atom stereocenters. The summed E-state index contributed by atoms with van der Waals surface area (Å²) in [7, 11) is 0. The molecule has 0 atom stereocenters. The van der Waals surface area contributed by atoms with Gasteiger partial charge in [0.05, 0.1) is 17.4 Å². The number of aromatic nitrogens is 2. The zero-order valence-electron chi connectivity index (χ0n) is 8.16. The first-order valence-corrected chi connectivity index (χ1v) is 4.50. The summed E-state index contributed by atoms with van der Waals surface area (Å²) < 4.78 is 1.40. The van der Waals surface area contributed by atoms with Crippen molar-refractivity contribution in [3.63, 3.8) is 0 Å². The Hall–Kier alpha value is -2.61. The Kier molecular flexibility index (Phi) is 2.40. The molecule has 0 bridgehead atoms. The molecule has 1 heterocycles. The van der Waals surface area contributed by atoms with Crippen LogP contribution in [0.15, 0.2) is 36.5 Å². The predicted octanol–water partition coefficient (Wildman–Crippen LogP) is 1.44. The highest BCUT2D eigenvalue weighted by atomic mass is 16.4. The number of carboxylic acids is 1. The maximum Gasteiger partial charge on any atom is 0.335 e. The first kappa shape index (κ1) is 9.93. The van der Waals surface area contributed by atoms with Crippen molar-refractivity contribution in [2.75, 3.05) is 0 Å². The van der Waals surface area contributed by atoms with Gasteiger partial charge in [0.1, 0.15) is 11.8 Å². The van der Waals surface area contributed by atoms with Crippen LogP contribution >= 0.6 is 0 Å². The van der Waals surface area contributed by atoms with Crippen molar-refractivity contribution in [3.05, 3.63) is 47.8 Å². The zero-order chi connectivity index (χ0) is 11.5. The van der Waals surface area contributed by atoms with Crippen LogP contribution in [0.4, 0.5) is 0 Å². The summed E-state index contributed by atoms with van der Waals surface area (Å²) in [6.07, 6.45) is 1.49. The third-order valence-corrected chi connectivity index (χ3v) is 2.09. The number of aromatic carboxylic acids is 1. The van der Waals surface area contributed by atoms with Gasteiger partial charge >= 0.3 is 5.97 Å². The molecule has 0 aliphatic carbocycles. The molecule has 78 valence electrons. The fraction of sp³-hybridized carbons (Fsp3) is 0. The summed E-state index contributed by atoms with van der Waals surface area (Å²) in [5, 5.41) is 21.6. The summed E-state index contributed by atoms with van der Waals surface area (Å²) in [6, 6.07) is 9.80. The van der Waals surface area contributed by atoms with E-state index in [1.165, 1.54) is 23.0 Å². The minimum absolute atomic E-state index is 0.164. The van der Waals surface area contributed by atoms with E-state index in [0.717, 1.165) is 0 Å². The van der Waals surface area contributed by atoms with E-state index in [2.05, 4.69) is 5.10 Å². The van der Waals surface area contributed by atoms with Gasteiger partial charge in [-0.25, -0.2) is 9.48 Å². The van der Waals surface area contributed by atoms with Crippen LogP contribution in [0, 0.1) is 11.3 Å². The second-order valence-electron chi connectivity index (χ2n) is 3.10. The van der Waals surface area contributed by atoms with Gasteiger partial charge in [0, 0.05) is 0 Å². The Labute approximate surface area is 91.2 Å². The van der Waals surface area contributed by atoms with Crippen LogP contribution in [-0.4, -0.2) is 20.9 Å². The molecule has 0 aliphatic rings. The van der Waals surface area contributed by atoms with Crippen molar-refractivity contribution in [1.82, 2.24) is 9.78 Å². The smallest absolute Gasteiger partial charge is 0.335 e. The monoisotopic (exact) mass is 213 g/mol. The molecule has 2 rings (SSSR count). The van der Waals surface area contributed by atoms with Crippen molar-refractivity contribution in [1.29, 1.82) is 5.26 Å².